The van der Waals surface area contributed by atoms with Crippen LogP contribution in [0.15, 0.2) is 6.07 Å². The van der Waals surface area contributed by atoms with Crippen molar-refractivity contribution in [2.45, 2.75) is 39.2 Å². The smallest absolute Gasteiger partial charge is 0.326 e. The predicted octanol–water partition coefficient (Wildman–Crippen LogP) is 1.40. The Kier molecular flexibility index (Phi) is 3.26. The molecule has 0 bridgehead atoms. The molecule has 2 rings (SSSR count). The van der Waals surface area contributed by atoms with E-state index in [1.165, 1.54) is 0 Å². The van der Waals surface area contributed by atoms with Gasteiger partial charge in [0.1, 0.15) is 17.7 Å². The van der Waals surface area contributed by atoms with Crippen molar-refractivity contribution >= 4 is 11.8 Å². The van der Waals surface area contributed by atoms with Crippen LogP contribution in [0.3, 0.4) is 0 Å². The van der Waals surface area contributed by atoms with Gasteiger partial charge in [0.25, 0.3) is 0 Å². The maximum atomic E-state index is 11.1. The lowest BCUT2D eigenvalue weighted by atomic mass is 10.2. The van der Waals surface area contributed by atoms with Crippen molar-refractivity contribution in [2.75, 3.05) is 11.4 Å². The lowest BCUT2D eigenvalue weighted by molar-refractivity contribution is -0.138. The molecule has 0 unspecified atom stereocenters. The first kappa shape index (κ1) is 11.8. The SMILES string of the molecule is CCc1nc(C)cc(N2CCC[C@H]2C(=O)O)n1. The molecule has 0 amide bonds. The van der Waals surface area contributed by atoms with Gasteiger partial charge in [-0.05, 0) is 19.8 Å². The maximum absolute atomic E-state index is 11.1. The Bertz CT molecular complexity index is 434. The molecule has 1 aliphatic heterocycles. The summed E-state index contributed by atoms with van der Waals surface area (Å²) in [4.78, 5) is 21.7. The number of hydrogen-bond acceptors (Lipinski definition) is 4. The quantitative estimate of drug-likeness (QED) is 0.857. The predicted molar refractivity (Wildman–Crippen MR) is 64.2 cm³/mol. The number of aliphatic carboxylic acids is 1. The number of carbonyl (C=O) groups is 1. The van der Waals surface area contributed by atoms with Crippen LogP contribution < -0.4 is 4.90 Å². The number of aromatic nitrogens is 2. The zero-order chi connectivity index (χ0) is 12.4. The molecule has 92 valence electrons. The lowest BCUT2D eigenvalue weighted by Crippen LogP contribution is -2.36. The summed E-state index contributed by atoms with van der Waals surface area (Å²) in [5.74, 6) is 0.757. The lowest BCUT2D eigenvalue weighted by Gasteiger charge is -2.23. The van der Waals surface area contributed by atoms with Gasteiger partial charge in [-0.25, -0.2) is 14.8 Å². The third kappa shape index (κ3) is 2.38. The van der Waals surface area contributed by atoms with E-state index in [1.54, 1.807) is 0 Å². The highest BCUT2D eigenvalue weighted by atomic mass is 16.4. The molecule has 1 aromatic heterocycles. The van der Waals surface area contributed by atoms with Crippen LogP contribution in [-0.2, 0) is 11.2 Å². The van der Waals surface area contributed by atoms with E-state index in [0.717, 1.165) is 36.7 Å². The van der Waals surface area contributed by atoms with E-state index in [4.69, 9.17) is 5.11 Å². The van der Waals surface area contributed by atoms with Crippen LogP contribution in [0, 0.1) is 6.92 Å². The van der Waals surface area contributed by atoms with Crippen molar-refractivity contribution < 1.29 is 9.90 Å². The minimum atomic E-state index is -0.767. The fraction of sp³-hybridized carbons (Fsp3) is 0.583. The second-order valence-electron chi connectivity index (χ2n) is 4.33. The molecule has 1 fully saturated rings. The van der Waals surface area contributed by atoms with E-state index in [-0.39, 0.29) is 0 Å². The summed E-state index contributed by atoms with van der Waals surface area (Å²) < 4.78 is 0. The summed E-state index contributed by atoms with van der Waals surface area (Å²) in [7, 11) is 0. The van der Waals surface area contributed by atoms with Gasteiger partial charge >= 0.3 is 5.97 Å². The van der Waals surface area contributed by atoms with E-state index >= 15 is 0 Å². The molecule has 1 aromatic rings. The zero-order valence-corrected chi connectivity index (χ0v) is 10.2. The van der Waals surface area contributed by atoms with Crippen molar-refractivity contribution in [2.24, 2.45) is 0 Å². The second kappa shape index (κ2) is 4.69. The summed E-state index contributed by atoms with van der Waals surface area (Å²) in [6.07, 6.45) is 2.36. The topological polar surface area (TPSA) is 66.3 Å². The average molecular weight is 235 g/mol. The van der Waals surface area contributed by atoms with Crippen molar-refractivity contribution in [3.05, 3.63) is 17.6 Å². The summed E-state index contributed by atoms with van der Waals surface area (Å²) in [6, 6.07) is 1.43. The Labute approximate surface area is 100 Å². The van der Waals surface area contributed by atoms with E-state index < -0.39 is 12.0 Å². The number of rotatable bonds is 3. The number of carboxylic acids is 1. The summed E-state index contributed by atoms with van der Waals surface area (Å²) in [5.41, 5.74) is 0.892. The van der Waals surface area contributed by atoms with Crippen molar-refractivity contribution in [1.29, 1.82) is 0 Å². The molecule has 0 aliphatic carbocycles. The highest BCUT2D eigenvalue weighted by Gasteiger charge is 2.31. The van der Waals surface area contributed by atoms with Crippen LogP contribution in [0.2, 0.25) is 0 Å². The molecule has 1 N–H and O–H groups in total. The van der Waals surface area contributed by atoms with E-state index in [9.17, 15) is 4.79 Å². The molecule has 5 heteroatoms. The van der Waals surface area contributed by atoms with Crippen LogP contribution in [0.1, 0.15) is 31.3 Å². The number of nitrogens with zero attached hydrogens (tertiary/aromatic N) is 3. The average Bonchev–Trinajstić information content (AvgIpc) is 2.77. The first-order valence-corrected chi connectivity index (χ1v) is 5.96. The Morgan fingerprint density at radius 3 is 3.00 bits per heavy atom. The molecule has 1 saturated heterocycles. The highest BCUT2D eigenvalue weighted by Crippen LogP contribution is 2.24. The van der Waals surface area contributed by atoms with Crippen molar-refractivity contribution in [1.82, 2.24) is 9.97 Å². The number of anilines is 1. The fourth-order valence-electron chi connectivity index (χ4n) is 2.22. The highest BCUT2D eigenvalue weighted by molar-refractivity contribution is 5.78. The zero-order valence-electron chi connectivity index (χ0n) is 10.2. The molecule has 2 heterocycles. The van der Waals surface area contributed by atoms with E-state index in [1.807, 2.05) is 24.8 Å². The van der Waals surface area contributed by atoms with Gasteiger partial charge in [-0.1, -0.05) is 6.92 Å². The molecule has 0 aromatic carbocycles. The van der Waals surface area contributed by atoms with Gasteiger partial charge in [0.2, 0.25) is 0 Å². The fourth-order valence-corrected chi connectivity index (χ4v) is 2.22. The molecular weight excluding hydrogens is 218 g/mol. The standard InChI is InChI=1S/C12H17N3O2/c1-3-10-13-8(2)7-11(14-10)15-6-4-5-9(15)12(16)17/h7,9H,3-6H2,1-2H3,(H,16,17)/t9-/m0/s1. The molecular formula is C12H17N3O2. The van der Waals surface area contributed by atoms with Gasteiger partial charge in [-0.2, -0.15) is 0 Å². The minimum absolute atomic E-state index is 0.436. The molecule has 0 spiro atoms. The van der Waals surface area contributed by atoms with E-state index in [0.29, 0.717) is 6.42 Å². The van der Waals surface area contributed by atoms with Gasteiger partial charge in [-0.15, -0.1) is 0 Å². The van der Waals surface area contributed by atoms with Crippen LogP contribution in [0.4, 0.5) is 5.82 Å². The molecule has 1 atom stereocenters. The number of hydrogen-bond donors (Lipinski definition) is 1. The van der Waals surface area contributed by atoms with Crippen molar-refractivity contribution in [3.8, 4) is 0 Å². The molecule has 1 aliphatic rings. The summed E-state index contributed by atoms with van der Waals surface area (Å²) >= 11 is 0. The first-order valence-electron chi connectivity index (χ1n) is 5.96. The summed E-state index contributed by atoms with van der Waals surface area (Å²) in [5, 5.41) is 9.16. The molecule has 0 saturated carbocycles. The number of aryl methyl sites for hydroxylation is 2. The first-order chi connectivity index (χ1) is 8.11. The van der Waals surface area contributed by atoms with Gasteiger partial charge in [0.15, 0.2) is 0 Å². The Balaban J connectivity index is 2.32. The molecule has 0 radical (unpaired) electrons. The normalized spacial score (nSPS) is 19.6. The van der Waals surface area contributed by atoms with Crippen LogP contribution in [0.5, 0.6) is 0 Å². The third-order valence-corrected chi connectivity index (χ3v) is 3.04. The summed E-state index contributed by atoms with van der Waals surface area (Å²) in [6.45, 7) is 4.67. The van der Waals surface area contributed by atoms with Crippen LogP contribution in [0.25, 0.3) is 0 Å². The van der Waals surface area contributed by atoms with Gasteiger partial charge in [0.05, 0.1) is 0 Å². The molecule has 5 nitrogen and oxygen atoms in total. The monoisotopic (exact) mass is 235 g/mol. The largest absolute Gasteiger partial charge is 0.480 e. The van der Waals surface area contributed by atoms with Gasteiger partial charge in [0, 0.05) is 24.7 Å². The van der Waals surface area contributed by atoms with Gasteiger partial charge in [-0.3, -0.25) is 0 Å². The Morgan fingerprint density at radius 2 is 2.35 bits per heavy atom. The van der Waals surface area contributed by atoms with Crippen molar-refractivity contribution in [3.63, 3.8) is 0 Å². The third-order valence-electron chi connectivity index (χ3n) is 3.04. The minimum Gasteiger partial charge on any atom is -0.480 e. The Hall–Kier alpha value is -1.65. The maximum Gasteiger partial charge on any atom is 0.326 e. The molecule has 17 heavy (non-hydrogen) atoms. The second-order valence-corrected chi connectivity index (χ2v) is 4.33. The number of carboxylic acid groups (broad SMARTS) is 1. The van der Waals surface area contributed by atoms with Crippen LogP contribution >= 0.6 is 0 Å². The van der Waals surface area contributed by atoms with Gasteiger partial charge < -0.3 is 10.0 Å². The van der Waals surface area contributed by atoms with E-state index in [2.05, 4.69) is 9.97 Å². The Morgan fingerprint density at radius 1 is 1.59 bits per heavy atom. The van der Waals surface area contributed by atoms with Crippen LogP contribution in [-0.4, -0.2) is 33.6 Å².